The topological polar surface area (TPSA) is 0 Å². The van der Waals surface area contributed by atoms with Gasteiger partial charge >= 0.3 is 23.1 Å². The van der Waals surface area contributed by atoms with Crippen LogP contribution in [0.15, 0.2) is 30.3 Å². The first-order valence-corrected chi connectivity index (χ1v) is 2.10. The van der Waals surface area contributed by atoms with E-state index in [2.05, 4.69) is 0 Å². The molecule has 1 aromatic carbocycles. The van der Waals surface area contributed by atoms with Gasteiger partial charge in [-0.1, -0.05) is 18.2 Å². The molecule has 0 bridgehead atoms. The zero-order chi connectivity index (χ0) is 5.11. The van der Waals surface area contributed by atoms with Crippen LogP contribution in [0.5, 0.6) is 0 Å². The molecule has 0 aliphatic carbocycles. The van der Waals surface area contributed by atoms with E-state index in [1.165, 1.54) is 12.1 Å². The number of rotatable bonds is 0. The van der Waals surface area contributed by atoms with Gasteiger partial charge in [0.05, 0.1) is 0 Å². The summed E-state index contributed by atoms with van der Waals surface area (Å²) in [5.74, 6) is -0.178. The molecule has 3 heteroatoms. The Morgan fingerprint density at radius 3 is 1.78 bits per heavy atom. The molecule has 48 valence electrons. The van der Waals surface area contributed by atoms with Gasteiger partial charge in [0.15, 0.2) is 0 Å². The minimum absolute atomic E-state index is 0. The van der Waals surface area contributed by atoms with Gasteiger partial charge in [0, 0.05) is 0 Å². The predicted molar refractivity (Wildman–Crippen MR) is 44.7 cm³/mol. The predicted octanol–water partition coefficient (Wildman–Crippen LogP) is 2.25. The molecule has 1 rings (SSSR count). The summed E-state index contributed by atoms with van der Waals surface area (Å²) in [5, 5.41) is 0. The molecule has 0 unspecified atom stereocenters. The fourth-order valence-electron chi connectivity index (χ4n) is 0.415. The quantitative estimate of drug-likeness (QED) is 0.567. The summed E-state index contributed by atoms with van der Waals surface area (Å²) in [5.41, 5.74) is 0. The normalized spacial score (nSPS) is 6.78. The van der Waals surface area contributed by atoms with Gasteiger partial charge in [-0.3, -0.25) is 0 Å². The van der Waals surface area contributed by atoms with Crippen LogP contribution < -0.4 is 0 Å². The van der Waals surface area contributed by atoms with E-state index in [0.717, 1.165) is 0 Å². The van der Waals surface area contributed by atoms with Crippen molar-refractivity contribution in [1.82, 2.24) is 0 Å². The average molecular weight is 203 g/mol. The molecule has 0 fully saturated rings. The fourth-order valence-corrected chi connectivity index (χ4v) is 0.415. The SMILES string of the molecule is Br.Fc1ccccc1.[H-].[H-].[Mg+2]. The zero-order valence-electron chi connectivity index (χ0n) is 6.88. The van der Waals surface area contributed by atoms with Gasteiger partial charge in [0.25, 0.3) is 0 Å². The Kier molecular flexibility index (Phi) is 8.77. The summed E-state index contributed by atoms with van der Waals surface area (Å²) >= 11 is 0. The van der Waals surface area contributed by atoms with Gasteiger partial charge in [-0.05, 0) is 12.1 Å². The minimum Gasteiger partial charge on any atom is -1.00 e. The Morgan fingerprint density at radius 2 is 1.56 bits per heavy atom. The summed E-state index contributed by atoms with van der Waals surface area (Å²) in [4.78, 5) is 0. The maximum Gasteiger partial charge on any atom is 2.00 e. The second-order valence-electron chi connectivity index (χ2n) is 1.30. The molecule has 0 saturated heterocycles. The van der Waals surface area contributed by atoms with Crippen LogP contribution in [0.1, 0.15) is 2.85 Å². The van der Waals surface area contributed by atoms with Crippen LogP contribution in [0.25, 0.3) is 0 Å². The Hall–Kier alpha value is 0.396. The summed E-state index contributed by atoms with van der Waals surface area (Å²) in [6, 6.07) is 7.94. The molecule has 0 amide bonds. The van der Waals surface area contributed by atoms with Gasteiger partial charge in [-0.25, -0.2) is 4.39 Å². The summed E-state index contributed by atoms with van der Waals surface area (Å²) in [6.07, 6.45) is 0. The first kappa shape index (κ1) is 12.1. The second-order valence-corrected chi connectivity index (χ2v) is 1.30. The number of hydrogen-bond donors (Lipinski definition) is 0. The maximum absolute atomic E-state index is 11.9. The molecule has 0 aromatic heterocycles. The molecule has 0 aliphatic rings. The van der Waals surface area contributed by atoms with Crippen molar-refractivity contribution < 1.29 is 7.24 Å². The van der Waals surface area contributed by atoms with Crippen LogP contribution in [-0.4, -0.2) is 23.1 Å². The van der Waals surface area contributed by atoms with E-state index >= 15 is 0 Å². The molecule has 0 saturated carbocycles. The average Bonchev–Trinajstić information content (AvgIpc) is 1.69. The Labute approximate surface area is 83.3 Å². The van der Waals surface area contributed by atoms with Crippen molar-refractivity contribution in [3.63, 3.8) is 0 Å². The molecule has 0 atom stereocenters. The molecule has 1 aromatic rings. The summed E-state index contributed by atoms with van der Waals surface area (Å²) in [7, 11) is 0. The molecular weight excluding hydrogens is 195 g/mol. The van der Waals surface area contributed by atoms with E-state index in [0.29, 0.717) is 0 Å². The maximum atomic E-state index is 11.9. The van der Waals surface area contributed by atoms with Gasteiger partial charge in [0.2, 0.25) is 0 Å². The van der Waals surface area contributed by atoms with Gasteiger partial charge in [0.1, 0.15) is 5.82 Å². The monoisotopic (exact) mass is 202 g/mol. The van der Waals surface area contributed by atoms with Crippen LogP contribution in [0.3, 0.4) is 0 Å². The van der Waals surface area contributed by atoms with E-state index < -0.39 is 0 Å². The molecule has 0 aliphatic heterocycles. The third kappa shape index (κ3) is 4.87. The van der Waals surface area contributed by atoms with Crippen LogP contribution >= 0.6 is 17.0 Å². The van der Waals surface area contributed by atoms with E-state index in [4.69, 9.17) is 0 Å². The van der Waals surface area contributed by atoms with Crippen molar-refractivity contribution in [1.29, 1.82) is 0 Å². The van der Waals surface area contributed by atoms with Crippen LogP contribution in [0, 0.1) is 5.82 Å². The first-order chi connectivity index (χ1) is 3.39. The second kappa shape index (κ2) is 6.52. The fraction of sp³-hybridized carbons (Fsp3) is 0. The Bertz CT molecular complexity index is 151. The molecule has 0 radical (unpaired) electrons. The third-order valence-corrected chi connectivity index (χ3v) is 0.733. The number of halogens is 2. The summed E-state index contributed by atoms with van der Waals surface area (Å²) < 4.78 is 11.9. The summed E-state index contributed by atoms with van der Waals surface area (Å²) in [6.45, 7) is 0. The molecular formula is C6H8BrFMg. The molecule has 0 N–H and O–H groups in total. The third-order valence-electron chi connectivity index (χ3n) is 0.733. The van der Waals surface area contributed by atoms with Gasteiger partial charge in [-0.15, -0.1) is 17.0 Å². The van der Waals surface area contributed by atoms with Crippen LogP contribution in [0.4, 0.5) is 4.39 Å². The van der Waals surface area contributed by atoms with Crippen molar-refractivity contribution in [3.8, 4) is 0 Å². The Balaban J connectivity index is -0.0000000612. The van der Waals surface area contributed by atoms with Crippen molar-refractivity contribution in [2.45, 2.75) is 0 Å². The molecule has 9 heavy (non-hydrogen) atoms. The molecule has 0 nitrogen and oxygen atoms in total. The smallest absolute Gasteiger partial charge is 1.00 e. The van der Waals surface area contributed by atoms with E-state index in [9.17, 15) is 4.39 Å². The minimum atomic E-state index is -0.178. The zero-order valence-corrected chi connectivity index (χ0v) is 8.01. The van der Waals surface area contributed by atoms with Crippen molar-refractivity contribution in [2.24, 2.45) is 0 Å². The standard InChI is InChI=1S/C6H5F.BrH.Mg.2H/c7-6-4-2-1-3-5-6;;;;/h1-5H;1H;;;/q;;+2;2*-1. The molecule has 0 spiro atoms. The number of benzene rings is 1. The molecule has 0 heterocycles. The van der Waals surface area contributed by atoms with Crippen LogP contribution in [0.2, 0.25) is 0 Å². The van der Waals surface area contributed by atoms with E-state index in [1.54, 1.807) is 18.2 Å². The van der Waals surface area contributed by atoms with Crippen molar-refractivity contribution >= 4 is 40.0 Å². The van der Waals surface area contributed by atoms with E-state index in [1.807, 2.05) is 0 Å². The van der Waals surface area contributed by atoms with Gasteiger partial charge in [-0.2, -0.15) is 0 Å². The van der Waals surface area contributed by atoms with Gasteiger partial charge < -0.3 is 2.85 Å². The van der Waals surface area contributed by atoms with Crippen molar-refractivity contribution in [2.75, 3.05) is 0 Å². The van der Waals surface area contributed by atoms with Crippen molar-refractivity contribution in [3.05, 3.63) is 36.1 Å². The van der Waals surface area contributed by atoms with Crippen LogP contribution in [-0.2, 0) is 0 Å². The largest absolute Gasteiger partial charge is 2.00 e. The number of hydrogen-bond acceptors (Lipinski definition) is 0. The first-order valence-electron chi connectivity index (χ1n) is 2.10. The Morgan fingerprint density at radius 1 is 1.11 bits per heavy atom. The van der Waals surface area contributed by atoms with E-state index in [-0.39, 0.29) is 48.7 Å².